The highest BCUT2D eigenvalue weighted by molar-refractivity contribution is 8.69. The molecule has 2 heterocycles. The summed E-state index contributed by atoms with van der Waals surface area (Å²) in [4.78, 5) is 0. The lowest BCUT2D eigenvalue weighted by Crippen LogP contribution is -2.25. The quantitative estimate of drug-likeness (QED) is 0.679. The first-order chi connectivity index (χ1) is 6.42. The number of hydrogen-bond donors (Lipinski definition) is 0. The van der Waals surface area contributed by atoms with Crippen molar-refractivity contribution in [1.29, 1.82) is 0 Å². The summed E-state index contributed by atoms with van der Waals surface area (Å²) < 4.78 is 11.2. The van der Waals surface area contributed by atoms with Crippen LogP contribution in [0, 0.1) is 5.25 Å². The van der Waals surface area contributed by atoms with Crippen LogP contribution in [0.3, 0.4) is 0 Å². The van der Waals surface area contributed by atoms with E-state index in [1.54, 1.807) is 0 Å². The Morgan fingerprint density at radius 2 is 1.62 bits per heavy atom. The van der Waals surface area contributed by atoms with Crippen molar-refractivity contribution < 1.29 is 9.47 Å². The topological polar surface area (TPSA) is 18.5 Å². The van der Waals surface area contributed by atoms with Gasteiger partial charge in [0.25, 0.3) is 0 Å². The lowest BCUT2D eigenvalue weighted by Gasteiger charge is -2.23. The Hall–Kier alpha value is 0.620. The molecule has 2 atom stereocenters. The van der Waals surface area contributed by atoms with E-state index in [0.717, 1.165) is 38.9 Å². The molecule has 0 bridgehead atoms. The monoisotopic (exact) mass is 218 g/mol. The van der Waals surface area contributed by atoms with Crippen LogP contribution in [-0.2, 0) is 9.47 Å². The van der Waals surface area contributed by atoms with Gasteiger partial charge >= 0.3 is 0 Å². The van der Waals surface area contributed by atoms with E-state index in [1.165, 1.54) is 16.0 Å². The minimum Gasteiger partial charge on any atom is -0.377 e. The number of hydrogen-bond acceptors (Lipinski definition) is 3. The minimum absolute atomic E-state index is 0.269. The number of rotatable bonds is 3. The largest absolute Gasteiger partial charge is 0.377 e. The van der Waals surface area contributed by atoms with Crippen LogP contribution in [0.15, 0.2) is 0 Å². The zero-order valence-corrected chi connectivity index (χ0v) is 9.16. The molecular weight excluding hydrogens is 204 g/mol. The average molecular weight is 218 g/mol. The van der Waals surface area contributed by atoms with Gasteiger partial charge in [-0.3, -0.25) is 0 Å². The van der Waals surface area contributed by atoms with E-state index >= 15 is 0 Å². The summed E-state index contributed by atoms with van der Waals surface area (Å²) in [6.07, 6.45) is 5.11. The Kier molecular flexibility index (Phi) is 3.84. The molecule has 2 unspecified atom stereocenters. The summed E-state index contributed by atoms with van der Waals surface area (Å²) in [6, 6.07) is 0. The van der Waals surface area contributed by atoms with Crippen molar-refractivity contribution in [3.05, 3.63) is 5.25 Å². The second-order valence-electron chi connectivity index (χ2n) is 3.49. The fourth-order valence-electron chi connectivity index (χ4n) is 1.92. The van der Waals surface area contributed by atoms with Crippen LogP contribution in [0.25, 0.3) is 0 Å². The molecule has 74 valence electrons. The summed E-state index contributed by atoms with van der Waals surface area (Å²) in [5.74, 6) is 0. The Labute approximate surface area is 88.6 Å². The molecule has 2 nitrogen and oxygen atoms in total. The van der Waals surface area contributed by atoms with Gasteiger partial charge in [-0.05, 0) is 37.3 Å². The first-order valence-corrected chi connectivity index (χ1v) is 6.55. The van der Waals surface area contributed by atoms with Gasteiger partial charge in [-0.2, -0.15) is 0 Å². The van der Waals surface area contributed by atoms with Gasteiger partial charge in [0.1, 0.15) is 0 Å². The van der Waals surface area contributed by atoms with Crippen LogP contribution in [0.5, 0.6) is 0 Å². The molecular formula is C9H14O2S2. The van der Waals surface area contributed by atoms with Gasteiger partial charge in [0.15, 0.2) is 0 Å². The van der Waals surface area contributed by atoms with E-state index in [9.17, 15) is 0 Å². The van der Waals surface area contributed by atoms with Crippen molar-refractivity contribution in [2.24, 2.45) is 0 Å². The molecule has 0 spiro atoms. The van der Waals surface area contributed by atoms with Gasteiger partial charge in [0.2, 0.25) is 0 Å². The summed E-state index contributed by atoms with van der Waals surface area (Å²) in [5.41, 5.74) is 0. The van der Waals surface area contributed by atoms with Crippen LogP contribution in [0.4, 0.5) is 0 Å². The van der Waals surface area contributed by atoms with Crippen molar-refractivity contribution in [1.82, 2.24) is 0 Å². The Balaban J connectivity index is 1.90. The van der Waals surface area contributed by atoms with Gasteiger partial charge in [0, 0.05) is 13.2 Å². The van der Waals surface area contributed by atoms with Crippen molar-refractivity contribution >= 4 is 22.5 Å². The molecule has 2 radical (unpaired) electrons. The van der Waals surface area contributed by atoms with E-state index in [1.807, 2.05) is 0 Å². The van der Waals surface area contributed by atoms with Crippen LogP contribution < -0.4 is 0 Å². The normalized spacial score (nSPS) is 34.6. The molecule has 0 aromatic carbocycles. The van der Waals surface area contributed by atoms with Crippen LogP contribution in [0.2, 0.25) is 0 Å². The highest BCUT2D eigenvalue weighted by atomic mass is 33.1. The second-order valence-corrected chi connectivity index (χ2v) is 4.63. The molecule has 0 aliphatic carbocycles. The first-order valence-electron chi connectivity index (χ1n) is 4.81. The van der Waals surface area contributed by atoms with E-state index in [-0.39, 0.29) is 12.2 Å². The third-order valence-electron chi connectivity index (χ3n) is 2.59. The molecule has 4 heteroatoms. The zero-order valence-electron chi connectivity index (χ0n) is 7.53. The zero-order chi connectivity index (χ0) is 9.10. The maximum Gasteiger partial charge on any atom is 0.0998 e. The molecule has 0 saturated carbocycles. The molecule has 2 saturated heterocycles. The molecule has 2 fully saturated rings. The molecule has 0 amide bonds. The second kappa shape index (κ2) is 4.91. The van der Waals surface area contributed by atoms with E-state index < -0.39 is 0 Å². The van der Waals surface area contributed by atoms with Crippen LogP contribution in [-0.4, -0.2) is 25.4 Å². The lowest BCUT2D eigenvalue weighted by molar-refractivity contribution is 0.0742. The van der Waals surface area contributed by atoms with Crippen molar-refractivity contribution in [3.63, 3.8) is 0 Å². The van der Waals surface area contributed by atoms with Gasteiger partial charge in [0.05, 0.1) is 17.5 Å². The highest BCUT2D eigenvalue weighted by Crippen LogP contribution is 2.40. The maximum atomic E-state index is 5.61. The molecule has 2 rings (SSSR count). The molecule has 2 aliphatic rings. The summed E-state index contributed by atoms with van der Waals surface area (Å²) in [5, 5.41) is 1.24. The van der Waals surface area contributed by atoms with Gasteiger partial charge in [-0.25, -0.2) is 0 Å². The predicted octanol–water partition coefficient (Wildman–Crippen LogP) is 2.72. The van der Waals surface area contributed by atoms with Gasteiger partial charge in [-0.1, -0.05) is 10.8 Å². The number of ether oxygens (including phenoxy) is 2. The average Bonchev–Trinajstić information content (AvgIpc) is 2.76. The Morgan fingerprint density at radius 1 is 1.08 bits per heavy atom. The fourth-order valence-corrected chi connectivity index (χ4v) is 3.15. The molecule has 0 aromatic rings. The third-order valence-corrected chi connectivity index (χ3v) is 3.89. The smallest absolute Gasteiger partial charge is 0.0998 e. The van der Waals surface area contributed by atoms with E-state index in [4.69, 9.17) is 21.1 Å². The molecule has 0 N–H and O–H groups in total. The summed E-state index contributed by atoms with van der Waals surface area (Å²) in [6.45, 7) is 1.77. The summed E-state index contributed by atoms with van der Waals surface area (Å²) in [7, 11) is 1.41. The highest BCUT2D eigenvalue weighted by Gasteiger charge is 2.35. The third kappa shape index (κ3) is 2.35. The lowest BCUT2D eigenvalue weighted by atomic mass is 10.1. The van der Waals surface area contributed by atoms with Gasteiger partial charge < -0.3 is 9.47 Å². The van der Waals surface area contributed by atoms with Crippen LogP contribution in [0.1, 0.15) is 25.7 Å². The fraction of sp³-hybridized carbons (Fsp3) is 0.889. The Morgan fingerprint density at radius 3 is 1.92 bits per heavy atom. The minimum atomic E-state index is 0.269. The molecule has 0 aromatic heterocycles. The molecule has 13 heavy (non-hydrogen) atoms. The van der Waals surface area contributed by atoms with Gasteiger partial charge in [-0.15, -0.1) is 0 Å². The van der Waals surface area contributed by atoms with E-state index in [2.05, 4.69) is 0 Å². The SMILES string of the molecule is [S]S[C](C1CCCO1)C1CCCO1. The standard InChI is InChI=1S/C9H14O2S2/c12-13-9(7-3-1-5-10-7)8-4-2-6-11-8/h7-8H,1-6H2. The molecule has 2 aliphatic heterocycles. The van der Waals surface area contributed by atoms with Crippen molar-refractivity contribution in [3.8, 4) is 0 Å². The van der Waals surface area contributed by atoms with Crippen molar-refractivity contribution in [2.75, 3.05) is 13.2 Å². The first kappa shape index (κ1) is 10.1. The predicted molar refractivity (Wildman–Crippen MR) is 56.4 cm³/mol. The van der Waals surface area contributed by atoms with E-state index in [0.29, 0.717) is 0 Å². The summed E-state index contributed by atoms with van der Waals surface area (Å²) >= 11 is 5.07. The van der Waals surface area contributed by atoms with Crippen LogP contribution >= 0.6 is 22.5 Å². The maximum absolute atomic E-state index is 5.61. The Bertz CT molecular complexity index is 138. The van der Waals surface area contributed by atoms with Crippen molar-refractivity contribution in [2.45, 2.75) is 37.9 Å².